The van der Waals surface area contributed by atoms with E-state index in [9.17, 15) is 8.78 Å². The second-order valence-corrected chi connectivity index (χ2v) is 9.90. The third-order valence-electron chi connectivity index (χ3n) is 7.32. The molecule has 0 radical (unpaired) electrons. The van der Waals surface area contributed by atoms with E-state index in [4.69, 9.17) is 19.7 Å². The van der Waals surface area contributed by atoms with Crippen molar-refractivity contribution in [1.82, 2.24) is 29.7 Å². The molecule has 4 heterocycles. The Morgan fingerprint density at radius 2 is 1.76 bits per heavy atom. The van der Waals surface area contributed by atoms with E-state index in [-0.39, 0.29) is 24.9 Å². The Balaban J connectivity index is 1.33. The van der Waals surface area contributed by atoms with Gasteiger partial charge in [-0.05, 0) is 39.5 Å². The average molecular weight is 470 g/mol. The van der Waals surface area contributed by atoms with Crippen LogP contribution in [-0.2, 0) is 4.74 Å². The minimum atomic E-state index is -2.59. The normalized spacial score (nSPS) is 23.5. The van der Waals surface area contributed by atoms with E-state index in [0.717, 1.165) is 22.6 Å². The number of halogens is 2. The van der Waals surface area contributed by atoms with Crippen LogP contribution in [0.4, 0.5) is 14.7 Å². The van der Waals surface area contributed by atoms with Gasteiger partial charge in [-0.3, -0.25) is 4.68 Å². The summed E-state index contributed by atoms with van der Waals surface area (Å²) in [6.45, 7) is 5.61. The van der Waals surface area contributed by atoms with Crippen LogP contribution in [0.25, 0.3) is 11.2 Å². The number of rotatable bonds is 4. The SMILES string of the molecule is Cc1nc2nc(N3CCO[C@@H](c4cnn(C5CC5)c4)C3)nc(C3CCC(F)(F)CC3)c2nc1C. The van der Waals surface area contributed by atoms with Crippen molar-refractivity contribution in [3.05, 3.63) is 35.0 Å². The molecule has 3 aromatic heterocycles. The Labute approximate surface area is 196 Å². The van der Waals surface area contributed by atoms with Crippen LogP contribution in [-0.4, -0.2) is 55.3 Å². The third kappa shape index (κ3) is 4.12. The summed E-state index contributed by atoms with van der Waals surface area (Å²) in [4.78, 5) is 21.2. The monoisotopic (exact) mass is 469 g/mol. The van der Waals surface area contributed by atoms with E-state index in [1.165, 1.54) is 12.8 Å². The number of alkyl halides is 2. The molecular weight excluding hydrogens is 440 g/mol. The lowest BCUT2D eigenvalue weighted by Crippen LogP contribution is -2.39. The molecule has 1 aliphatic heterocycles. The van der Waals surface area contributed by atoms with Gasteiger partial charge in [-0.2, -0.15) is 10.1 Å². The third-order valence-corrected chi connectivity index (χ3v) is 7.32. The van der Waals surface area contributed by atoms with E-state index in [2.05, 4.69) is 21.2 Å². The molecule has 1 saturated heterocycles. The van der Waals surface area contributed by atoms with Gasteiger partial charge in [0.15, 0.2) is 5.65 Å². The van der Waals surface area contributed by atoms with E-state index in [1.54, 1.807) is 0 Å². The summed E-state index contributed by atoms with van der Waals surface area (Å²) in [6, 6.07) is 0.521. The first-order chi connectivity index (χ1) is 16.4. The second-order valence-electron chi connectivity index (χ2n) is 9.90. The molecule has 0 N–H and O–H groups in total. The van der Waals surface area contributed by atoms with Crippen molar-refractivity contribution in [3.8, 4) is 0 Å². The standard InChI is InChI=1S/C24H29F2N7O/c1-14-15(2)29-22-21(28-14)20(16-5-7-24(25,26)8-6-16)30-23(31-22)32-9-10-34-19(13-32)17-11-27-33(12-17)18-3-4-18/h11-12,16,18-19H,3-10,13H2,1-2H3/t19-/m1/s1. The van der Waals surface area contributed by atoms with Gasteiger partial charge in [0.05, 0.1) is 42.5 Å². The highest BCUT2D eigenvalue weighted by atomic mass is 19.3. The Kier molecular flexibility index (Phi) is 5.24. The van der Waals surface area contributed by atoms with Gasteiger partial charge in [0.2, 0.25) is 11.9 Å². The molecule has 0 bridgehead atoms. The maximum atomic E-state index is 13.9. The van der Waals surface area contributed by atoms with E-state index in [0.29, 0.717) is 55.7 Å². The number of nitrogens with zero attached hydrogens (tertiary/aromatic N) is 7. The molecule has 0 aromatic carbocycles. The van der Waals surface area contributed by atoms with E-state index >= 15 is 0 Å². The first-order valence-electron chi connectivity index (χ1n) is 12.2. The van der Waals surface area contributed by atoms with Crippen molar-refractivity contribution in [2.75, 3.05) is 24.6 Å². The topological polar surface area (TPSA) is 81.9 Å². The molecule has 8 nitrogen and oxygen atoms in total. The zero-order valence-electron chi connectivity index (χ0n) is 19.5. The highest BCUT2D eigenvalue weighted by Crippen LogP contribution is 2.42. The summed E-state index contributed by atoms with van der Waals surface area (Å²) in [5, 5.41) is 4.50. The molecule has 2 aliphatic carbocycles. The first-order valence-corrected chi connectivity index (χ1v) is 12.2. The molecule has 3 aliphatic rings. The van der Waals surface area contributed by atoms with Crippen LogP contribution in [0, 0.1) is 13.8 Å². The number of fused-ring (bicyclic) bond motifs is 1. The summed E-state index contributed by atoms with van der Waals surface area (Å²) >= 11 is 0. The summed E-state index contributed by atoms with van der Waals surface area (Å²) in [5.74, 6) is -2.10. The van der Waals surface area contributed by atoms with Crippen molar-refractivity contribution in [1.29, 1.82) is 0 Å². The first kappa shape index (κ1) is 21.8. The summed E-state index contributed by atoms with van der Waals surface area (Å²) in [5.41, 5.74) is 4.59. The largest absolute Gasteiger partial charge is 0.370 e. The van der Waals surface area contributed by atoms with Crippen molar-refractivity contribution in [3.63, 3.8) is 0 Å². The highest BCUT2D eigenvalue weighted by Gasteiger charge is 2.37. The molecule has 6 rings (SSSR count). The van der Waals surface area contributed by atoms with Gasteiger partial charge in [-0.25, -0.2) is 23.7 Å². The lowest BCUT2D eigenvalue weighted by molar-refractivity contribution is -0.0384. The van der Waals surface area contributed by atoms with E-state index in [1.807, 2.05) is 24.7 Å². The maximum Gasteiger partial charge on any atom is 0.248 e. The summed E-state index contributed by atoms with van der Waals surface area (Å²) < 4.78 is 35.8. The van der Waals surface area contributed by atoms with Crippen LogP contribution in [0.5, 0.6) is 0 Å². The molecule has 3 aromatic rings. The zero-order chi connectivity index (χ0) is 23.4. The fourth-order valence-corrected chi connectivity index (χ4v) is 4.95. The van der Waals surface area contributed by atoms with Crippen LogP contribution in [0.1, 0.15) is 79.2 Å². The Morgan fingerprint density at radius 1 is 1.00 bits per heavy atom. The fourth-order valence-electron chi connectivity index (χ4n) is 4.95. The van der Waals surface area contributed by atoms with Crippen molar-refractivity contribution in [2.45, 2.75) is 76.4 Å². The number of morpholine rings is 1. The summed E-state index contributed by atoms with van der Waals surface area (Å²) in [7, 11) is 0. The van der Waals surface area contributed by atoms with Crippen molar-refractivity contribution < 1.29 is 13.5 Å². The zero-order valence-corrected chi connectivity index (χ0v) is 19.5. The van der Waals surface area contributed by atoms with Gasteiger partial charge in [-0.15, -0.1) is 0 Å². The highest BCUT2D eigenvalue weighted by molar-refractivity contribution is 5.75. The van der Waals surface area contributed by atoms with Gasteiger partial charge in [0, 0.05) is 37.1 Å². The van der Waals surface area contributed by atoms with Crippen LogP contribution >= 0.6 is 0 Å². The molecule has 0 amide bonds. The minimum Gasteiger partial charge on any atom is -0.370 e. The van der Waals surface area contributed by atoms with Crippen LogP contribution in [0.2, 0.25) is 0 Å². The predicted octanol–water partition coefficient (Wildman–Crippen LogP) is 4.44. The van der Waals surface area contributed by atoms with Crippen LogP contribution in [0.3, 0.4) is 0 Å². The van der Waals surface area contributed by atoms with Gasteiger partial charge in [-0.1, -0.05) is 0 Å². The molecule has 0 spiro atoms. The lowest BCUT2D eigenvalue weighted by Gasteiger charge is -2.33. The number of aryl methyl sites for hydroxylation is 2. The van der Waals surface area contributed by atoms with Crippen LogP contribution < -0.4 is 4.90 Å². The fraction of sp³-hybridized carbons (Fsp3) is 0.625. The minimum absolute atomic E-state index is 0.0751. The number of ether oxygens (including phenoxy) is 1. The predicted molar refractivity (Wildman–Crippen MR) is 122 cm³/mol. The van der Waals surface area contributed by atoms with Crippen molar-refractivity contribution in [2.24, 2.45) is 0 Å². The average Bonchev–Trinajstić information content (AvgIpc) is 3.56. The number of hydrogen-bond acceptors (Lipinski definition) is 7. The molecule has 34 heavy (non-hydrogen) atoms. The number of hydrogen-bond donors (Lipinski definition) is 0. The number of aromatic nitrogens is 6. The van der Waals surface area contributed by atoms with Gasteiger partial charge in [0.25, 0.3) is 0 Å². The molecule has 2 saturated carbocycles. The lowest BCUT2D eigenvalue weighted by atomic mass is 9.84. The maximum absolute atomic E-state index is 13.9. The molecule has 1 atom stereocenters. The van der Waals surface area contributed by atoms with Crippen LogP contribution in [0.15, 0.2) is 12.4 Å². The van der Waals surface area contributed by atoms with Gasteiger partial charge >= 0.3 is 0 Å². The molecule has 3 fully saturated rings. The number of anilines is 1. The summed E-state index contributed by atoms with van der Waals surface area (Å²) in [6.07, 6.45) is 6.74. The Bertz CT molecular complexity index is 1220. The molecule has 10 heteroatoms. The van der Waals surface area contributed by atoms with Gasteiger partial charge < -0.3 is 9.64 Å². The smallest absolute Gasteiger partial charge is 0.248 e. The quantitative estimate of drug-likeness (QED) is 0.559. The molecular formula is C24H29F2N7O. The Hall–Kier alpha value is -2.75. The second kappa shape index (κ2) is 8.18. The van der Waals surface area contributed by atoms with Gasteiger partial charge in [0.1, 0.15) is 11.6 Å². The van der Waals surface area contributed by atoms with Crippen molar-refractivity contribution >= 4 is 17.1 Å². The molecule has 180 valence electrons. The van der Waals surface area contributed by atoms with E-state index < -0.39 is 5.92 Å². The Morgan fingerprint density at radius 3 is 2.53 bits per heavy atom. The molecule has 0 unspecified atom stereocenters.